The maximum atomic E-state index is 12.0. The summed E-state index contributed by atoms with van der Waals surface area (Å²) in [5, 5.41) is 9.03. The van der Waals surface area contributed by atoms with Gasteiger partial charge in [-0.25, -0.2) is 4.79 Å². The molecule has 6 heteroatoms. The highest BCUT2D eigenvalue weighted by atomic mass is 16.6. The van der Waals surface area contributed by atoms with Gasteiger partial charge in [0.25, 0.3) is 0 Å². The van der Waals surface area contributed by atoms with E-state index in [1.165, 1.54) is 0 Å². The quantitative estimate of drug-likeness (QED) is 0.425. The fourth-order valence-corrected chi connectivity index (χ4v) is 1.64. The summed E-state index contributed by atoms with van der Waals surface area (Å²) in [4.78, 5) is 34.1. The van der Waals surface area contributed by atoms with Crippen LogP contribution in [0.25, 0.3) is 0 Å². The second kappa shape index (κ2) is 5.48. The van der Waals surface area contributed by atoms with E-state index >= 15 is 0 Å². The molecule has 0 amide bonds. The molecule has 0 bridgehead atoms. The SMILES string of the molecule is CC(C)C(C(=O)OC(C)(C)C)C(N)(C=O)C(=O)O. The molecule has 0 aromatic rings. The number of carbonyl (C=O) groups is 3. The van der Waals surface area contributed by atoms with Gasteiger partial charge >= 0.3 is 11.9 Å². The molecule has 0 radical (unpaired) electrons. The lowest BCUT2D eigenvalue weighted by molar-refractivity contribution is -0.170. The normalized spacial score (nSPS) is 16.8. The van der Waals surface area contributed by atoms with E-state index in [1.807, 2.05) is 0 Å². The number of carboxylic acid groups (broad SMARTS) is 1. The molecule has 0 aliphatic carbocycles. The van der Waals surface area contributed by atoms with Gasteiger partial charge in [-0.15, -0.1) is 0 Å². The maximum Gasteiger partial charge on any atom is 0.332 e. The number of hydrogen-bond donors (Lipinski definition) is 2. The topological polar surface area (TPSA) is 107 Å². The Morgan fingerprint density at radius 1 is 1.28 bits per heavy atom. The summed E-state index contributed by atoms with van der Waals surface area (Å²) < 4.78 is 5.12. The molecule has 0 saturated heterocycles. The van der Waals surface area contributed by atoms with Crippen LogP contribution in [0.2, 0.25) is 0 Å². The van der Waals surface area contributed by atoms with Crippen molar-refractivity contribution in [1.82, 2.24) is 0 Å². The fourth-order valence-electron chi connectivity index (χ4n) is 1.64. The van der Waals surface area contributed by atoms with Crippen LogP contribution >= 0.6 is 0 Å². The van der Waals surface area contributed by atoms with Crippen LogP contribution in [-0.4, -0.2) is 34.5 Å². The predicted molar refractivity (Wildman–Crippen MR) is 64.8 cm³/mol. The number of esters is 1. The Labute approximate surface area is 106 Å². The van der Waals surface area contributed by atoms with Gasteiger partial charge in [-0.3, -0.25) is 4.79 Å². The third-order valence-corrected chi connectivity index (χ3v) is 2.41. The molecule has 0 heterocycles. The number of ether oxygens (including phenoxy) is 1. The Balaban J connectivity index is 5.39. The molecule has 3 N–H and O–H groups in total. The number of rotatable bonds is 5. The van der Waals surface area contributed by atoms with Crippen LogP contribution in [0.15, 0.2) is 0 Å². The first-order valence-corrected chi connectivity index (χ1v) is 5.67. The highest BCUT2D eigenvalue weighted by molar-refractivity contribution is 6.02. The standard InChI is InChI=1S/C12H21NO5/c1-7(2)8(9(15)18-11(3,4)5)12(13,6-14)10(16)17/h6-8H,13H2,1-5H3,(H,16,17). The van der Waals surface area contributed by atoms with Crippen LogP contribution in [0.3, 0.4) is 0 Å². The third-order valence-electron chi connectivity index (χ3n) is 2.41. The summed E-state index contributed by atoms with van der Waals surface area (Å²) in [7, 11) is 0. The molecule has 18 heavy (non-hydrogen) atoms. The molecular formula is C12H21NO5. The molecule has 0 aliphatic rings. The van der Waals surface area contributed by atoms with Crippen molar-refractivity contribution in [3.63, 3.8) is 0 Å². The molecule has 0 aromatic carbocycles. The van der Waals surface area contributed by atoms with E-state index in [1.54, 1.807) is 34.6 Å². The molecule has 0 spiro atoms. The zero-order valence-corrected chi connectivity index (χ0v) is 11.4. The molecule has 6 nitrogen and oxygen atoms in total. The lowest BCUT2D eigenvalue weighted by Gasteiger charge is -2.32. The first kappa shape index (κ1) is 16.6. The highest BCUT2D eigenvalue weighted by Crippen LogP contribution is 2.26. The van der Waals surface area contributed by atoms with Crippen molar-refractivity contribution < 1.29 is 24.2 Å². The molecule has 2 atom stereocenters. The number of carbonyl (C=O) groups excluding carboxylic acids is 2. The van der Waals surface area contributed by atoms with Crippen molar-refractivity contribution in [1.29, 1.82) is 0 Å². The van der Waals surface area contributed by atoms with E-state index < -0.39 is 34.9 Å². The number of nitrogens with two attached hydrogens (primary N) is 1. The zero-order chi connectivity index (χ0) is 14.7. The van der Waals surface area contributed by atoms with Crippen LogP contribution in [0.1, 0.15) is 34.6 Å². The number of carboxylic acids is 1. The lowest BCUT2D eigenvalue weighted by atomic mass is 9.78. The minimum Gasteiger partial charge on any atom is -0.480 e. The summed E-state index contributed by atoms with van der Waals surface area (Å²) in [5.41, 5.74) is 2.50. The molecular weight excluding hydrogens is 238 g/mol. The van der Waals surface area contributed by atoms with Crippen molar-refractivity contribution in [2.75, 3.05) is 0 Å². The Morgan fingerprint density at radius 2 is 1.72 bits per heavy atom. The number of aldehydes is 1. The minimum absolute atomic E-state index is 0.0872. The summed E-state index contributed by atoms with van der Waals surface area (Å²) >= 11 is 0. The van der Waals surface area contributed by atoms with E-state index in [-0.39, 0.29) is 6.29 Å². The van der Waals surface area contributed by atoms with Gasteiger partial charge in [-0.05, 0) is 26.7 Å². The highest BCUT2D eigenvalue weighted by Gasteiger charge is 2.49. The van der Waals surface area contributed by atoms with Gasteiger partial charge in [0.05, 0.1) is 5.92 Å². The molecule has 0 aromatic heterocycles. The third kappa shape index (κ3) is 3.80. The van der Waals surface area contributed by atoms with Crippen LogP contribution in [0.4, 0.5) is 0 Å². The van der Waals surface area contributed by atoms with Gasteiger partial charge in [0.15, 0.2) is 11.8 Å². The molecule has 0 aliphatic heterocycles. The van der Waals surface area contributed by atoms with Gasteiger partial charge in [-0.1, -0.05) is 13.8 Å². The van der Waals surface area contributed by atoms with Gasteiger partial charge in [0, 0.05) is 0 Å². The van der Waals surface area contributed by atoms with Crippen LogP contribution in [0.5, 0.6) is 0 Å². The Bertz CT molecular complexity index is 345. The van der Waals surface area contributed by atoms with Crippen molar-refractivity contribution >= 4 is 18.2 Å². The van der Waals surface area contributed by atoms with Crippen molar-refractivity contribution in [2.45, 2.75) is 45.8 Å². The Kier molecular flexibility index (Phi) is 5.04. The summed E-state index contributed by atoms with van der Waals surface area (Å²) in [6.45, 7) is 8.19. The Hall–Kier alpha value is -1.43. The van der Waals surface area contributed by atoms with Crippen molar-refractivity contribution in [2.24, 2.45) is 17.6 Å². The Morgan fingerprint density at radius 3 is 1.94 bits per heavy atom. The van der Waals surface area contributed by atoms with Gasteiger partial charge < -0.3 is 20.4 Å². The van der Waals surface area contributed by atoms with Gasteiger partial charge in [0.2, 0.25) is 0 Å². The number of aliphatic carboxylic acids is 1. The van der Waals surface area contributed by atoms with Crippen molar-refractivity contribution in [3.05, 3.63) is 0 Å². The zero-order valence-electron chi connectivity index (χ0n) is 11.4. The van der Waals surface area contributed by atoms with Crippen LogP contribution < -0.4 is 5.73 Å². The average molecular weight is 259 g/mol. The summed E-state index contributed by atoms with van der Waals surface area (Å²) in [6, 6.07) is 0. The van der Waals surface area contributed by atoms with E-state index in [0.29, 0.717) is 0 Å². The lowest BCUT2D eigenvalue weighted by Crippen LogP contribution is -2.60. The van der Waals surface area contributed by atoms with E-state index in [0.717, 1.165) is 0 Å². The summed E-state index contributed by atoms with van der Waals surface area (Å²) in [5.74, 6) is -3.99. The summed E-state index contributed by atoms with van der Waals surface area (Å²) in [6.07, 6.45) is 0.0872. The van der Waals surface area contributed by atoms with E-state index in [4.69, 9.17) is 15.6 Å². The predicted octanol–water partition coefficient (Wildman–Crippen LogP) is 0.581. The average Bonchev–Trinajstić information content (AvgIpc) is 2.13. The first-order chi connectivity index (χ1) is 7.95. The largest absolute Gasteiger partial charge is 0.480 e. The molecule has 0 fully saturated rings. The minimum atomic E-state index is -2.27. The van der Waals surface area contributed by atoms with Gasteiger partial charge in [-0.2, -0.15) is 0 Å². The smallest absolute Gasteiger partial charge is 0.332 e. The van der Waals surface area contributed by atoms with E-state index in [9.17, 15) is 14.4 Å². The fraction of sp³-hybridized carbons (Fsp3) is 0.750. The molecule has 0 rings (SSSR count). The maximum absolute atomic E-state index is 12.0. The van der Waals surface area contributed by atoms with Crippen LogP contribution in [0, 0.1) is 11.8 Å². The molecule has 104 valence electrons. The van der Waals surface area contributed by atoms with Crippen LogP contribution in [-0.2, 0) is 19.1 Å². The van der Waals surface area contributed by atoms with Gasteiger partial charge in [0.1, 0.15) is 5.60 Å². The monoisotopic (exact) mass is 259 g/mol. The van der Waals surface area contributed by atoms with Crippen molar-refractivity contribution in [3.8, 4) is 0 Å². The molecule has 0 saturated carbocycles. The molecule has 2 unspecified atom stereocenters. The number of hydrogen-bond acceptors (Lipinski definition) is 5. The second-order valence-electron chi connectivity index (χ2n) is 5.61. The first-order valence-electron chi connectivity index (χ1n) is 5.67. The van der Waals surface area contributed by atoms with E-state index in [2.05, 4.69) is 0 Å². The second-order valence-corrected chi connectivity index (χ2v) is 5.61.